The van der Waals surface area contributed by atoms with Crippen LogP contribution in [0.3, 0.4) is 0 Å². The van der Waals surface area contributed by atoms with E-state index in [2.05, 4.69) is 9.97 Å². The van der Waals surface area contributed by atoms with Gasteiger partial charge in [-0.25, -0.2) is 9.59 Å². The molecule has 0 spiro atoms. The molecule has 31 heavy (non-hydrogen) atoms. The fraction of sp³-hybridized carbons (Fsp3) is 0.190. The van der Waals surface area contributed by atoms with E-state index >= 15 is 0 Å². The van der Waals surface area contributed by atoms with Crippen LogP contribution in [0.25, 0.3) is 32.7 Å². The van der Waals surface area contributed by atoms with Gasteiger partial charge < -0.3 is 14.8 Å². The average Bonchev–Trinajstić information content (AvgIpc) is 3.25. The maximum absolute atomic E-state index is 12.8. The first-order valence-electron chi connectivity index (χ1n) is 9.35. The lowest BCUT2D eigenvalue weighted by molar-refractivity contribution is 0.0523. The van der Waals surface area contributed by atoms with Crippen LogP contribution < -0.4 is 11.2 Å². The van der Waals surface area contributed by atoms with Gasteiger partial charge in [0.15, 0.2) is 0 Å². The predicted molar refractivity (Wildman–Crippen MR) is 120 cm³/mol. The monoisotopic (exact) mass is 459 g/mol. The normalized spacial score (nSPS) is 11.2. The lowest BCUT2D eigenvalue weighted by Crippen LogP contribution is -2.28. The van der Waals surface area contributed by atoms with E-state index in [0.717, 1.165) is 11.3 Å². The Kier molecular flexibility index (Phi) is 5.24. The number of aromatic nitrogens is 3. The molecule has 10 heteroatoms. The largest absolute Gasteiger partial charge is 0.505 e. The zero-order chi connectivity index (χ0) is 22.4. The minimum absolute atomic E-state index is 0.0551. The van der Waals surface area contributed by atoms with Gasteiger partial charge in [-0.1, -0.05) is 23.7 Å². The zero-order valence-electron chi connectivity index (χ0n) is 16.8. The highest BCUT2D eigenvalue weighted by Crippen LogP contribution is 2.47. The van der Waals surface area contributed by atoms with Crippen LogP contribution in [-0.2, 0) is 11.8 Å². The van der Waals surface area contributed by atoms with Gasteiger partial charge in [-0.2, -0.15) is 0 Å². The summed E-state index contributed by atoms with van der Waals surface area (Å²) in [6.45, 7) is 3.53. The molecular formula is C21H18ClN3O5S. The number of nitrogens with one attached hydrogen (secondary N) is 2. The Balaban J connectivity index is 2.12. The van der Waals surface area contributed by atoms with Crippen LogP contribution in [0.15, 0.2) is 33.9 Å². The van der Waals surface area contributed by atoms with Crippen molar-refractivity contribution in [2.45, 2.75) is 13.8 Å². The molecule has 0 aliphatic heterocycles. The second kappa shape index (κ2) is 7.75. The average molecular weight is 460 g/mol. The molecule has 0 fully saturated rings. The Bertz CT molecular complexity index is 1440. The standard InChI is InChI=1S/C21H18ClN3O5S/c1-4-30-20(28)12-9(2)31-17(16(12)26)13-14-18(25(3)21(29)24-19(14)27)23-15(13)10-5-7-11(22)8-6-10/h5-8,23,26H,4H2,1-3H3,(H,24,27,29). The predicted octanol–water partition coefficient (Wildman–Crippen LogP) is 3.79. The third kappa shape index (κ3) is 3.35. The highest BCUT2D eigenvalue weighted by atomic mass is 35.5. The first-order valence-corrected chi connectivity index (χ1v) is 10.5. The van der Waals surface area contributed by atoms with Crippen molar-refractivity contribution in [3.8, 4) is 27.4 Å². The molecule has 1 aromatic carbocycles. The van der Waals surface area contributed by atoms with Gasteiger partial charge in [0.05, 0.1) is 22.6 Å². The maximum atomic E-state index is 12.8. The first-order chi connectivity index (χ1) is 14.7. The molecule has 0 unspecified atom stereocenters. The third-order valence-corrected chi connectivity index (χ3v) is 6.33. The number of benzene rings is 1. The zero-order valence-corrected chi connectivity index (χ0v) is 18.4. The summed E-state index contributed by atoms with van der Waals surface area (Å²) in [6, 6.07) is 6.90. The molecule has 3 N–H and O–H groups in total. The van der Waals surface area contributed by atoms with Gasteiger partial charge in [0.2, 0.25) is 0 Å². The number of halogens is 1. The quantitative estimate of drug-likeness (QED) is 0.401. The lowest BCUT2D eigenvalue weighted by Gasteiger charge is -2.05. The van der Waals surface area contributed by atoms with Crippen molar-refractivity contribution in [1.82, 2.24) is 14.5 Å². The number of ether oxygens (including phenoxy) is 1. The molecule has 0 aliphatic carbocycles. The Morgan fingerprint density at radius 2 is 1.90 bits per heavy atom. The second-order valence-corrected chi connectivity index (χ2v) is 8.52. The molecule has 3 aromatic heterocycles. The van der Waals surface area contributed by atoms with Gasteiger partial charge in [-0.15, -0.1) is 11.3 Å². The number of nitrogens with zero attached hydrogens (tertiary/aromatic N) is 1. The number of carbonyl (C=O) groups is 1. The molecule has 4 rings (SSSR count). The number of fused-ring (bicyclic) bond motifs is 1. The number of carbonyl (C=O) groups excluding carboxylic acids is 1. The number of aryl methyl sites for hydroxylation is 2. The Morgan fingerprint density at radius 3 is 2.55 bits per heavy atom. The van der Waals surface area contributed by atoms with E-state index in [1.165, 1.54) is 11.6 Å². The van der Waals surface area contributed by atoms with Gasteiger partial charge in [-0.3, -0.25) is 14.3 Å². The number of esters is 1. The fourth-order valence-electron chi connectivity index (χ4n) is 3.51. The summed E-state index contributed by atoms with van der Waals surface area (Å²) in [6.07, 6.45) is 0. The van der Waals surface area contributed by atoms with E-state index in [1.807, 2.05) is 0 Å². The number of thiophene rings is 1. The van der Waals surface area contributed by atoms with Gasteiger partial charge >= 0.3 is 11.7 Å². The van der Waals surface area contributed by atoms with Crippen LogP contribution in [-0.4, -0.2) is 32.2 Å². The molecular weight excluding hydrogens is 442 g/mol. The van der Waals surface area contributed by atoms with Crippen LogP contribution in [0.2, 0.25) is 5.02 Å². The summed E-state index contributed by atoms with van der Waals surface area (Å²) >= 11 is 7.18. The van der Waals surface area contributed by atoms with E-state index in [4.69, 9.17) is 16.3 Å². The van der Waals surface area contributed by atoms with Crippen LogP contribution in [0.5, 0.6) is 5.75 Å². The van der Waals surface area contributed by atoms with E-state index in [0.29, 0.717) is 31.6 Å². The highest BCUT2D eigenvalue weighted by Gasteiger charge is 2.29. The van der Waals surface area contributed by atoms with Crippen molar-refractivity contribution in [3.63, 3.8) is 0 Å². The van der Waals surface area contributed by atoms with Crippen LogP contribution in [0.4, 0.5) is 0 Å². The molecule has 160 valence electrons. The van der Waals surface area contributed by atoms with Gasteiger partial charge in [0.1, 0.15) is 17.0 Å². The summed E-state index contributed by atoms with van der Waals surface area (Å²) in [4.78, 5) is 43.6. The SMILES string of the molecule is CCOC(=O)c1c(C)sc(-c2c(-c3ccc(Cl)cc3)[nH]c3c2c(=O)[nH]c(=O)n3C)c1O. The van der Waals surface area contributed by atoms with Gasteiger partial charge in [-0.05, 0) is 31.5 Å². The number of H-pyrrole nitrogens is 2. The molecule has 8 nitrogen and oxygen atoms in total. The minimum Gasteiger partial charge on any atom is -0.505 e. The van der Waals surface area contributed by atoms with E-state index < -0.39 is 17.2 Å². The smallest absolute Gasteiger partial charge is 0.343 e. The summed E-state index contributed by atoms with van der Waals surface area (Å²) in [5.41, 5.74) is 0.738. The highest BCUT2D eigenvalue weighted by molar-refractivity contribution is 7.16. The molecule has 0 aliphatic rings. The molecule has 4 aromatic rings. The summed E-state index contributed by atoms with van der Waals surface area (Å²) in [5.74, 6) is -0.917. The number of hydrogen-bond acceptors (Lipinski definition) is 6. The molecule has 0 radical (unpaired) electrons. The van der Waals surface area contributed by atoms with Crippen molar-refractivity contribution in [2.24, 2.45) is 7.05 Å². The second-order valence-electron chi connectivity index (χ2n) is 6.86. The van der Waals surface area contributed by atoms with Crippen molar-refractivity contribution in [2.75, 3.05) is 6.61 Å². The van der Waals surface area contributed by atoms with Crippen LogP contribution in [0.1, 0.15) is 22.2 Å². The number of aromatic hydroxyl groups is 1. The van der Waals surface area contributed by atoms with Crippen molar-refractivity contribution < 1.29 is 14.6 Å². The Labute approximate surface area is 184 Å². The molecule has 3 heterocycles. The van der Waals surface area contributed by atoms with Gasteiger partial charge in [0.25, 0.3) is 5.56 Å². The molecule has 0 saturated carbocycles. The lowest BCUT2D eigenvalue weighted by atomic mass is 10.0. The number of rotatable bonds is 4. The molecule has 0 amide bonds. The summed E-state index contributed by atoms with van der Waals surface area (Å²) in [5, 5.41) is 11.7. The Morgan fingerprint density at radius 1 is 1.23 bits per heavy atom. The van der Waals surface area contributed by atoms with Crippen molar-refractivity contribution >= 4 is 39.9 Å². The fourth-order valence-corrected chi connectivity index (χ4v) is 4.73. The summed E-state index contributed by atoms with van der Waals surface area (Å²) < 4.78 is 6.35. The number of aromatic amines is 2. The molecule has 0 atom stereocenters. The van der Waals surface area contributed by atoms with Crippen molar-refractivity contribution in [3.05, 3.63) is 60.6 Å². The van der Waals surface area contributed by atoms with Gasteiger partial charge in [0, 0.05) is 22.5 Å². The van der Waals surface area contributed by atoms with E-state index in [1.54, 1.807) is 38.1 Å². The van der Waals surface area contributed by atoms with Crippen LogP contribution in [0, 0.1) is 6.92 Å². The maximum Gasteiger partial charge on any atom is 0.343 e. The third-order valence-electron chi connectivity index (χ3n) is 4.97. The molecule has 0 saturated heterocycles. The van der Waals surface area contributed by atoms with Crippen molar-refractivity contribution in [1.29, 1.82) is 0 Å². The first kappa shape index (κ1) is 21.0. The number of hydrogen-bond donors (Lipinski definition) is 3. The van der Waals surface area contributed by atoms with E-state index in [9.17, 15) is 19.5 Å². The summed E-state index contributed by atoms with van der Waals surface area (Å²) in [7, 11) is 1.52. The molecule has 0 bridgehead atoms. The minimum atomic E-state index is -0.644. The topological polar surface area (TPSA) is 117 Å². The van der Waals surface area contributed by atoms with E-state index in [-0.39, 0.29) is 29.0 Å². The van der Waals surface area contributed by atoms with Crippen LogP contribution >= 0.6 is 22.9 Å². The Hall–Kier alpha value is -3.30.